The van der Waals surface area contributed by atoms with Gasteiger partial charge in [0.05, 0.1) is 12.8 Å². The van der Waals surface area contributed by atoms with Gasteiger partial charge >= 0.3 is 0 Å². The highest BCUT2D eigenvalue weighted by Gasteiger charge is 2.39. The standard InChI is InChI=1S/C21H19ClN2O3S/c1-4-23-19(25)17(12-14-5-10-18(27-3)13(2)11-14)20(26)24(21(23)28)16-8-6-15(22)7-9-16/h5-12H,4H2,1-3H3/b17-12+. The lowest BCUT2D eigenvalue weighted by Gasteiger charge is -2.36. The molecule has 0 aromatic heterocycles. The highest BCUT2D eigenvalue weighted by atomic mass is 35.5. The number of amides is 2. The molecular formula is C21H19ClN2O3S. The van der Waals surface area contributed by atoms with Crippen molar-refractivity contribution >= 4 is 52.5 Å². The van der Waals surface area contributed by atoms with Gasteiger partial charge in [0.25, 0.3) is 11.8 Å². The van der Waals surface area contributed by atoms with Crippen LogP contribution in [-0.4, -0.2) is 35.5 Å². The van der Waals surface area contributed by atoms with Gasteiger partial charge in [-0.1, -0.05) is 17.7 Å². The van der Waals surface area contributed by atoms with E-state index < -0.39 is 11.8 Å². The van der Waals surface area contributed by atoms with Crippen molar-refractivity contribution in [2.75, 3.05) is 18.6 Å². The number of nitrogens with zero attached hydrogens (tertiary/aromatic N) is 2. The summed E-state index contributed by atoms with van der Waals surface area (Å²) in [5.74, 6) is -0.130. The number of ether oxygens (including phenoxy) is 1. The lowest BCUT2D eigenvalue weighted by Crippen LogP contribution is -2.56. The molecule has 0 saturated carbocycles. The lowest BCUT2D eigenvalue weighted by molar-refractivity contribution is -0.127. The maximum Gasteiger partial charge on any atom is 0.270 e. The zero-order valence-electron chi connectivity index (χ0n) is 15.7. The first kappa shape index (κ1) is 20.0. The SMILES string of the molecule is CCN1C(=O)/C(=C\c2ccc(OC)c(C)c2)C(=O)N(c2ccc(Cl)cc2)C1=S. The highest BCUT2D eigenvalue weighted by Crippen LogP contribution is 2.28. The molecule has 3 rings (SSSR count). The molecule has 0 unspecified atom stereocenters. The molecule has 1 heterocycles. The predicted octanol–water partition coefficient (Wildman–Crippen LogP) is 4.22. The van der Waals surface area contributed by atoms with Gasteiger partial charge in [-0.3, -0.25) is 19.4 Å². The van der Waals surface area contributed by atoms with Crippen LogP contribution in [0, 0.1) is 6.92 Å². The molecule has 5 nitrogen and oxygen atoms in total. The van der Waals surface area contributed by atoms with Gasteiger partial charge in [0.1, 0.15) is 11.3 Å². The van der Waals surface area contributed by atoms with Gasteiger partial charge in [0.2, 0.25) is 0 Å². The Balaban J connectivity index is 2.07. The molecule has 0 N–H and O–H groups in total. The number of methoxy groups -OCH3 is 1. The van der Waals surface area contributed by atoms with Crippen LogP contribution >= 0.6 is 23.8 Å². The van der Waals surface area contributed by atoms with Crippen LogP contribution < -0.4 is 9.64 Å². The third-order valence-electron chi connectivity index (χ3n) is 4.46. The molecule has 2 aromatic rings. The van der Waals surface area contributed by atoms with E-state index in [1.165, 1.54) is 9.80 Å². The highest BCUT2D eigenvalue weighted by molar-refractivity contribution is 7.80. The summed E-state index contributed by atoms with van der Waals surface area (Å²) in [5, 5.41) is 0.704. The van der Waals surface area contributed by atoms with E-state index in [1.54, 1.807) is 49.6 Å². The summed E-state index contributed by atoms with van der Waals surface area (Å²) < 4.78 is 5.27. The summed E-state index contributed by atoms with van der Waals surface area (Å²) in [7, 11) is 1.60. The predicted molar refractivity (Wildman–Crippen MR) is 115 cm³/mol. The van der Waals surface area contributed by atoms with E-state index in [0.29, 0.717) is 17.3 Å². The summed E-state index contributed by atoms with van der Waals surface area (Å²) in [5.41, 5.74) is 2.25. The molecule has 7 heteroatoms. The van der Waals surface area contributed by atoms with Gasteiger partial charge in [0.15, 0.2) is 5.11 Å². The molecule has 0 radical (unpaired) electrons. The van der Waals surface area contributed by atoms with Crippen molar-refractivity contribution in [1.82, 2.24) is 4.90 Å². The van der Waals surface area contributed by atoms with Crippen LogP contribution in [0.15, 0.2) is 48.0 Å². The number of hydrogen-bond donors (Lipinski definition) is 0. The van der Waals surface area contributed by atoms with Crippen molar-refractivity contribution < 1.29 is 14.3 Å². The molecule has 0 bridgehead atoms. The number of carbonyl (C=O) groups excluding carboxylic acids is 2. The van der Waals surface area contributed by atoms with Crippen molar-refractivity contribution in [2.45, 2.75) is 13.8 Å². The fourth-order valence-corrected chi connectivity index (χ4v) is 3.56. The van der Waals surface area contributed by atoms with Crippen molar-refractivity contribution in [3.63, 3.8) is 0 Å². The van der Waals surface area contributed by atoms with E-state index >= 15 is 0 Å². The number of carbonyl (C=O) groups is 2. The minimum absolute atomic E-state index is 0.0509. The fourth-order valence-electron chi connectivity index (χ4n) is 3.03. The molecule has 1 aliphatic rings. The van der Waals surface area contributed by atoms with Crippen molar-refractivity contribution in [2.24, 2.45) is 0 Å². The number of thiocarbonyl (C=S) groups is 1. The number of anilines is 1. The summed E-state index contributed by atoms with van der Waals surface area (Å²) >= 11 is 11.4. The third kappa shape index (κ3) is 3.66. The van der Waals surface area contributed by atoms with Crippen LogP contribution in [-0.2, 0) is 9.59 Å². The minimum atomic E-state index is -0.463. The Labute approximate surface area is 174 Å². The number of aryl methyl sites for hydroxylation is 1. The molecule has 1 fully saturated rings. The Kier molecular flexibility index (Phi) is 5.82. The van der Waals surface area contributed by atoms with E-state index in [2.05, 4.69) is 0 Å². The van der Waals surface area contributed by atoms with Crippen LogP contribution in [0.4, 0.5) is 5.69 Å². The lowest BCUT2D eigenvalue weighted by atomic mass is 10.0. The largest absolute Gasteiger partial charge is 0.496 e. The Morgan fingerprint density at radius 1 is 1.11 bits per heavy atom. The van der Waals surface area contributed by atoms with Crippen LogP contribution in [0.5, 0.6) is 5.75 Å². The quantitative estimate of drug-likeness (QED) is 0.427. The van der Waals surface area contributed by atoms with E-state index in [4.69, 9.17) is 28.6 Å². The fraction of sp³-hybridized carbons (Fsp3) is 0.190. The van der Waals surface area contributed by atoms with Gasteiger partial charge in [-0.15, -0.1) is 0 Å². The second kappa shape index (κ2) is 8.12. The molecular weight excluding hydrogens is 396 g/mol. The average Bonchev–Trinajstić information content (AvgIpc) is 2.67. The molecule has 28 heavy (non-hydrogen) atoms. The van der Waals surface area contributed by atoms with E-state index in [1.807, 2.05) is 19.9 Å². The molecule has 0 spiro atoms. The summed E-state index contributed by atoms with van der Waals surface area (Å²) in [6.45, 7) is 4.07. The van der Waals surface area contributed by atoms with Crippen molar-refractivity contribution in [3.05, 3.63) is 64.2 Å². The van der Waals surface area contributed by atoms with Gasteiger partial charge in [-0.25, -0.2) is 0 Å². The van der Waals surface area contributed by atoms with Gasteiger partial charge in [-0.2, -0.15) is 0 Å². The third-order valence-corrected chi connectivity index (χ3v) is 5.12. The second-order valence-corrected chi connectivity index (χ2v) is 7.04. The van der Waals surface area contributed by atoms with E-state index in [9.17, 15) is 9.59 Å². The topological polar surface area (TPSA) is 49.9 Å². The van der Waals surface area contributed by atoms with Gasteiger partial charge < -0.3 is 4.74 Å². The molecule has 144 valence electrons. The Morgan fingerprint density at radius 3 is 2.36 bits per heavy atom. The monoisotopic (exact) mass is 414 g/mol. The Bertz CT molecular complexity index is 986. The minimum Gasteiger partial charge on any atom is -0.496 e. The van der Waals surface area contributed by atoms with Gasteiger partial charge in [-0.05, 0) is 79.7 Å². The smallest absolute Gasteiger partial charge is 0.270 e. The number of halogens is 1. The van der Waals surface area contributed by atoms with E-state index in [0.717, 1.165) is 16.9 Å². The Morgan fingerprint density at radius 2 is 1.79 bits per heavy atom. The zero-order valence-corrected chi connectivity index (χ0v) is 17.3. The van der Waals surface area contributed by atoms with Crippen LogP contribution in [0.1, 0.15) is 18.1 Å². The molecule has 2 amide bonds. The molecule has 1 aliphatic heterocycles. The summed E-state index contributed by atoms with van der Waals surface area (Å²) in [6.07, 6.45) is 1.59. The number of hydrogen-bond acceptors (Lipinski definition) is 4. The maximum atomic E-state index is 13.2. The van der Waals surface area contributed by atoms with Crippen LogP contribution in [0.25, 0.3) is 6.08 Å². The van der Waals surface area contributed by atoms with Crippen molar-refractivity contribution in [3.8, 4) is 5.75 Å². The molecule has 1 saturated heterocycles. The maximum absolute atomic E-state index is 13.2. The first-order valence-electron chi connectivity index (χ1n) is 8.69. The summed E-state index contributed by atoms with van der Waals surface area (Å²) in [4.78, 5) is 28.8. The van der Waals surface area contributed by atoms with E-state index in [-0.39, 0.29) is 10.7 Å². The molecule has 0 aliphatic carbocycles. The van der Waals surface area contributed by atoms with Gasteiger partial charge in [0, 0.05) is 11.6 Å². The second-order valence-electron chi connectivity index (χ2n) is 6.24. The Hall–Kier alpha value is -2.70. The van der Waals surface area contributed by atoms with Crippen molar-refractivity contribution in [1.29, 1.82) is 0 Å². The first-order valence-corrected chi connectivity index (χ1v) is 9.48. The van der Waals surface area contributed by atoms with Crippen LogP contribution in [0.3, 0.4) is 0 Å². The summed E-state index contributed by atoms with van der Waals surface area (Å²) in [6, 6.07) is 12.2. The zero-order chi connectivity index (χ0) is 20.4. The normalized spacial score (nSPS) is 16.1. The first-order chi connectivity index (χ1) is 13.4. The van der Waals surface area contributed by atoms with Crippen LogP contribution in [0.2, 0.25) is 5.02 Å². The number of likely N-dealkylation sites (N-methyl/N-ethyl adjacent to an activating group) is 1. The number of rotatable bonds is 4. The number of benzene rings is 2. The molecule has 0 atom stereocenters. The average molecular weight is 415 g/mol. The molecule has 2 aromatic carbocycles.